The fourth-order valence-electron chi connectivity index (χ4n) is 3.96. The molecule has 1 heterocycles. The minimum Gasteiger partial charge on any atom is -0.469 e. The van der Waals surface area contributed by atoms with E-state index in [-0.39, 0.29) is 5.97 Å². The number of hydrogen-bond donors (Lipinski definition) is 3. The number of esters is 1. The molecule has 3 N–H and O–H groups in total. The molecule has 5 atom stereocenters. The van der Waals surface area contributed by atoms with Crippen molar-refractivity contribution in [2.45, 2.75) is 62.5 Å². The molecule has 0 aliphatic carbocycles. The number of ether oxygens (including phenoxy) is 2. The van der Waals surface area contributed by atoms with Gasteiger partial charge in [-0.15, -0.1) is 11.8 Å². The molecule has 0 unspecified atom stereocenters. The van der Waals surface area contributed by atoms with Crippen molar-refractivity contribution in [3.05, 3.63) is 70.3 Å². The van der Waals surface area contributed by atoms with Crippen LogP contribution in [-0.2, 0) is 27.1 Å². The molecule has 0 radical (unpaired) electrons. The second-order valence-electron chi connectivity index (χ2n) is 8.24. The van der Waals surface area contributed by atoms with Crippen molar-refractivity contribution in [3.8, 4) is 0 Å². The number of carbonyl (C=O) groups is 1. The molecule has 0 saturated carbocycles. The van der Waals surface area contributed by atoms with Crippen LogP contribution in [0.15, 0.2) is 42.5 Å². The van der Waals surface area contributed by atoms with Gasteiger partial charge in [0.2, 0.25) is 0 Å². The van der Waals surface area contributed by atoms with Crippen LogP contribution < -0.4 is 0 Å². The molecular weight excluding hydrogens is 428 g/mol. The van der Waals surface area contributed by atoms with Crippen LogP contribution in [0.25, 0.3) is 0 Å². The Bertz CT molecular complexity index is 898. The molecule has 1 saturated heterocycles. The molecule has 6 nitrogen and oxygen atoms in total. The van der Waals surface area contributed by atoms with Gasteiger partial charge in [0.1, 0.15) is 29.9 Å². The molecule has 32 heavy (non-hydrogen) atoms. The SMILES string of the molecule is COC(=O)CCCc1ccc(Cc2cc([C@@H]3O[C@H](SC)[C@@H](O)[C@H](O)[C@H]3O)ccc2C)cc1. The van der Waals surface area contributed by atoms with Crippen molar-refractivity contribution in [2.75, 3.05) is 13.4 Å². The Morgan fingerprint density at radius 2 is 1.72 bits per heavy atom. The third kappa shape index (κ3) is 5.91. The van der Waals surface area contributed by atoms with Gasteiger partial charge in [0.05, 0.1) is 7.11 Å². The van der Waals surface area contributed by atoms with E-state index in [1.165, 1.54) is 24.4 Å². The first-order valence-electron chi connectivity index (χ1n) is 10.8. The summed E-state index contributed by atoms with van der Waals surface area (Å²) >= 11 is 1.31. The molecule has 0 bridgehead atoms. The predicted molar refractivity (Wildman–Crippen MR) is 125 cm³/mol. The lowest BCUT2D eigenvalue weighted by Crippen LogP contribution is -2.52. The minimum absolute atomic E-state index is 0.185. The molecule has 174 valence electrons. The van der Waals surface area contributed by atoms with Gasteiger partial charge in [0, 0.05) is 6.42 Å². The molecule has 2 aromatic carbocycles. The molecule has 0 aromatic heterocycles. The average Bonchev–Trinajstić information content (AvgIpc) is 2.80. The standard InChI is InChI=1S/C25H32O6S/c1-15-7-12-18(24-22(28)21(27)23(29)25(31-24)32-3)14-19(15)13-17-10-8-16(9-11-17)5-4-6-20(26)30-2/h7-12,14,21-25,27-29H,4-6,13H2,1-3H3/t21-,22-,23+,24+,25-/m1/s1. The largest absolute Gasteiger partial charge is 0.469 e. The number of rotatable bonds is 8. The number of thioether (sulfide) groups is 1. The molecule has 0 amide bonds. The fraction of sp³-hybridized carbons (Fsp3) is 0.480. The van der Waals surface area contributed by atoms with Crippen molar-refractivity contribution < 1.29 is 29.6 Å². The Morgan fingerprint density at radius 3 is 2.38 bits per heavy atom. The van der Waals surface area contributed by atoms with Crippen LogP contribution in [0.3, 0.4) is 0 Å². The van der Waals surface area contributed by atoms with Gasteiger partial charge >= 0.3 is 5.97 Å². The molecule has 7 heteroatoms. The molecule has 3 rings (SSSR count). The van der Waals surface area contributed by atoms with Gasteiger partial charge in [-0.1, -0.05) is 42.5 Å². The third-order valence-electron chi connectivity index (χ3n) is 6.00. The minimum atomic E-state index is -1.26. The highest BCUT2D eigenvalue weighted by atomic mass is 32.2. The lowest BCUT2D eigenvalue weighted by Gasteiger charge is -2.40. The smallest absolute Gasteiger partial charge is 0.305 e. The van der Waals surface area contributed by atoms with Crippen molar-refractivity contribution >= 4 is 17.7 Å². The number of benzene rings is 2. The summed E-state index contributed by atoms with van der Waals surface area (Å²) in [4.78, 5) is 11.2. The predicted octanol–water partition coefficient (Wildman–Crippen LogP) is 2.92. The van der Waals surface area contributed by atoms with Gasteiger partial charge in [-0.05, 0) is 60.3 Å². The third-order valence-corrected chi connectivity index (χ3v) is 6.85. The van der Waals surface area contributed by atoms with Crippen LogP contribution in [0.2, 0.25) is 0 Å². The first-order valence-corrected chi connectivity index (χ1v) is 12.1. The van der Waals surface area contributed by atoms with Crippen LogP contribution in [0.4, 0.5) is 0 Å². The van der Waals surface area contributed by atoms with Gasteiger partial charge in [0.25, 0.3) is 0 Å². The van der Waals surface area contributed by atoms with Crippen molar-refractivity contribution in [3.63, 3.8) is 0 Å². The summed E-state index contributed by atoms with van der Waals surface area (Å²) in [5.41, 5.74) is 4.75. The number of methoxy groups -OCH3 is 1. The Labute approximate surface area is 193 Å². The highest BCUT2D eigenvalue weighted by Crippen LogP contribution is 2.36. The Hall–Kier alpha value is -1.90. The van der Waals surface area contributed by atoms with Crippen LogP contribution in [0.1, 0.15) is 46.8 Å². The molecular formula is C25H32O6S. The second-order valence-corrected chi connectivity index (χ2v) is 9.18. The van der Waals surface area contributed by atoms with E-state index < -0.39 is 29.9 Å². The van der Waals surface area contributed by atoms with Gasteiger partial charge < -0.3 is 24.8 Å². The summed E-state index contributed by atoms with van der Waals surface area (Å²) in [6.07, 6.45) is 0.227. The number of carbonyl (C=O) groups excluding carboxylic acids is 1. The van der Waals surface area contributed by atoms with Gasteiger partial charge in [-0.3, -0.25) is 4.79 Å². The lowest BCUT2D eigenvalue weighted by atomic mass is 9.91. The van der Waals surface area contributed by atoms with E-state index in [0.29, 0.717) is 6.42 Å². The van der Waals surface area contributed by atoms with Gasteiger partial charge in [0.15, 0.2) is 0 Å². The molecule has 2 aromatic rings. The van der Waals surface area contributed by atoms with Crippen molar-refractivity contribution in [2.24, 2.45) is 0 Å². The normalized spacial score (nSPS) is 25.5. The Balaban J connectivity index is 1.70. The second kappa shape index (κ2) is 11.3. The zero-order chi connectivity index (χ0) is 23.3. The van der Waals surface area contributed by atoms with Crippen LogP contribution >= 0.6 is 11.8 Å². The number of hydrogen-bond acceptors (Lipinski definition) is 7. The summed E-state index contributed by atoms with van der Waals surface area (Å²) in [5.74, 6) is -0.185. The maximum absolute atomic E-state index is 11.2. The van der Waals surface area contributed by atoms with E-state index in [4.69, 9.17) is 4.74 Å². The van der Waals surface area contributed by atoms with E-state index in [1.54, 1.807) is 6.26 Å². The van der Waals surface area contributed by atoms with E-state index in [9.17, 15) is 20.1 Å². The van der Waals surface area contributed by atoms with Crippen molar-refractivity contribution in [1.29, 1.82) is 0 Å². The lowest BCUT2D eigenvalue weighted by molar-refractivity contribution is -0.200. The molecule has 1 fully saturated rings. The quantitative estimate of drug-likeness (QED) is 0.521. The zero-order valence-corrected chi connectivity index (χ0v) is 19.5. The summed E-state index contributed by atoms with van der Waals surface area (Å²) < 4.78 is 10.6. The average molecular weight is 461 g/mol. The van der Waals surface area contributed by atoms with E-state index >= 15 is 0 Å². The van der Waals surface area contributed by atoms with Crippen molar-refractivity contribution in [1.82, 2.24) is 0 Å². The topological polar surface area (TPSA) is 96.2 Å². The molecule has 1 aliphatic rings. The molecule has 1 aliphatic heterocycles. The first-order chi connectivity index (χ1) is 15.3. The zero-order valence-electron chi connectivity index (χ0n) is 18.7. The van der Waals surface area contributed by atoms with Crippen LogP contribution in [0, 0.1) is 6.92 Å². The Kier molecular flexibility index (Phi) is 8.73. The fourth-order valence-corrected chi connectivity index (χ4v) is 4.63. The number of aliphatic hydroxyl groups excluding tert-OH is 3. The number of aliphatic hydroxyl groups is 3. The summed E-state index contributed by atoms with van der Waals surface area (Å²) in [6, 6.07) is 14.3. The number of aryl methyl sites for hydroxylation is 2. The highest BCUT2D eigenvalue weighted by molar-refractivity contribution is 7.99. The summed E-state index contributed by atoms with van der Waals surface area (Å²) in [5, 5.41) is 30.9. The van der Waals surface area contributed by atoms with Crippen LogP contribution in [-0.4, -0.2) is 58.4 Å². The van der Waals surface area contributed by atoms with E-state index in [0.717, 1.165) is 41.5 Å². The van der Waals surface area contributed by atoms with Crippen LogP contribution in [0.5, 0.6) is 0 Å². The summed E-state index contributed by atoms with van der Waals surface area (Å²) in [7, 11) is 1.40. The molecule has 0 spiro atoms. The Morgan fingerprint density at radius 1 is 1.03 bits per heavy atom. The highest BCUT2D eigenvalue weighted by Gasteiger charge is 2.44. The van der Waals surface area contributed by atoms with E-state index in [2.05, 4.69) is 29.0 Å². The first kappa shape index (κ1) is 24.7. The maximum atomic E-state index is 11.2. The monoisotopic (exact) mass is 460 g/mol. The van der Waals surface area contributed by atoms with Gasteiger partial charge in [-0.25, -0.2) is 0 Å². The maximum Gasteiger partial charge on any atom is 0.305 e. The van der Waals surface area contributed by atoms with E-state index in [1.807, 2.05) is 25.1 Å². The summed E-state index contributed by atoms with van der Waals surface area (Å²) in [6.45, 7) is 2.04. The van der Waals surface area contributed by atoms with Gasteiger partial charge in [-0.2, -0.15) is 0 Å².